The maximum absolute atomic E-state index is 13.3. The lowest BCUT2D eigenvalue weighted by molar-refractivity contribution is 0.0526. The molecule has 0 bridgehead atoms. The smallest absolute Gasteiger partial charge is 0.341 e. The van der Waals surface area contributed by atoms with E-state index in [-0.39, 0.29) is 11.1 Å². The van der Waals surface area contributed by atoms with Gasteiger partial charge in [0.05, 0.1) is 12.2 Å². The molecule has 138 valence electrons. The first-order chi connectivity index (χ1) is 12.5. The molecule has 1 heterocycles. The van der Waals surface area contributed by atoms with Gasteiger partial charge in [0.1, 0.15) is 5.00 Å². The molecule has 0 saturated carbocycles. The summed E-state index contributed by atoms with van der Waals surface area (Å²) in [6, 6.07) is 3.43. The van der Waals surface area contributed by atoms with Crippen LogP contribution < -0.4 is 10.6 Å². The minimum absolute atomic E-state index is 0.195. The van der Waals surface area contributed by atoms with E-state index in [1.165, 1.54) is 17.4 Å². The molecule has 3 rings (SSSR count). The Bertz CT molecular complexity index is 852. The number of aryl methyl sites for hydroxylation is 1. The number of halogens is 2. The summed E-state index contributed by atoms with van der Waals surface area (Å²) in [6.07, 6.45) is 3.89. The van der Waals surface area contributed by atoms with Crippen molar-refractivity contribution in [3.8, 4) is 0 Å². The van der Waals surface area contributed by atoms with E-state index in [2.05, 4.69) is 10.6 Å². The van der Waals surface area contributed by atoms with E-state index in [1.807, 2.05) is 0 Å². The van der Waals surface area contributed by atoms with Crippen LogP contribution in [-0.4, -0.2) is 17.7 Å². The van der Waals surface area contributed by atoms with Crippen LogP contribution in [0.2, 0.25) is 0 Å². The first-order valence-electron chi connectivity index (χ1n) is 8.34. The fraction of sp³-hybridized carbons (Fsp3) is 0.333. The number of nitrogens with one attached hydrogen (secondary N) is 2. The Kier molecular flexibility index (Phi) is 5.83. The van der Waals surface area contributed by atoms with Crippen LogP contribution in [0.1, 0.15) is 40.6 Å². The highest BCUT2D eigenvalue weighted by Crippen LogP contribution is 2.38. The predicted molar refractivity (Wildman–Crippen MR) is 103 cm³/mol. The van der Waals surface area contributed by atoms with E-state index < -0.39 is 11.6 Å². The molecule has 0 amide bonds. The second kappa shape index (κ2) is 8.09. The maximum atomic E-state index is 13.3. The van der Waals surface area contributed by atoms with Crippen LogP contribution in [0.15, 0.2) is 18.2 Å². The quantitative estimate of drug-likeness (QED) is 0.569. The molecular weight excluding hydrogens is 378 g/mol. The topological polar surface area (TPSA) is 50.4 Å². The van der Waals surface area contributed by atoms with Gasteiger partial charge in [-0.2, -0.15) is 0 Å². The fourth-order valence-corrected chi connectivity index (χ4v) is 4.48. The van der Waals surface area contributed by atoms with E-state index >= 15 is 0 Å². The number of rotatable bonds is 4. The van der Waals surface area contributed by atoms with Gasteiger partial charge in [-0.3, -0.25) is 0 Å². The number of hydrogen-bond donors (Lipinski definition) is 2. The SMILES string of the molecule is CCOC(=O)c1c(NC(=S)Nc2ccc(F)c(F)c2)sc2c1CCCC2. The van der Waals surface area contributed by atoms with Crippen molar-refractivity contribution < 1.29 is 18.3 Å². The standard InChI is InChI=1S/C18H18F2N2O2S2/c1-2-24-17(23)15-11-5-3-4-6-14(11)26-16(15)22-18(25)21-10-7-8-12(19)13(20)9-10/h7-9H,2-6H2,1H3,(H2,21,22,25). The van der Waals surface area contributed by atoms with E-state index in [1.54, 1.807) is 6.92 Å². The summed E-state index contributed by atoms with van der Waals surface area (Å²) >= 11 is 6.75. The minimum atomic E-state index is -0.961. The summed E-state index contributed by atoms with van der Waals surface area (Å²) in [4.78, 5) is 13.6. The van der Waals surface area contributed by atoms with E-state index in [0.29, 0.717) is 22.9 Å². The van der Waals surface area contributed by atoms with Crippen LogP contribution in [0.3, 0.4) is 0 Å². The molecule has 1 aliphatic rings. The Hall–Kier alpha value is -2.06. The van der Waals surface area contributed by atoms with Crippen molar-refractivity contribution in [3.05, 3.63) is 45.8 Å². The van der Waals surface area contributed by atoms with Crippen molar-refractivity contribution in [2.75, 3.05) is 17.2 Å². The molecule has 1 aliphatic carbocycles. The molecule has 2 aromatic rings. The molecule has 0 spiro atoms. The number of thiocarbonyl (C=S) groups is 1. The van der Waals surface area contributed by atoms with Crippen molar-refractivity contribution in [1.82, 2.24) is 0 Å². The minimum Gasteiger partial charge on any atom is -0.462 e. The molecule has 0 atom stereocenters. The number of carbonyl (C=O) groups excluding carboxylic acids is 1. The second-order valence-corrected chi connectivity index (χ2v) is 7.36. The molecule has 4 nitrogen and oxygen atoms in total. The summed E-state index contributed by atoms with van der Waals surface area (Å²) < 4.78 is 31.6. The van der Waals surface area contributed by atoms with Crippen molar-refractivity contribution in [2.45, 2.75) is 32.6 Å². The van der Waals surface area contributed by atoms with Crippen molar-refractivity contribution >= 4 is 45.3 Å². The number of fused-ring (bicyclic) bond motifs is 1. The number of esters is 1. The average Bonchev–Trinajstić information content (AvgIpc) is 2.96. The third kappa shape index (κ3) is 4.02. The van der Waals surface area contributed by atoms with Crippen LogP contribution in [0, 0.1) is 11.6 Å². The van der Waals surface area contributed by atoms with Gasteiger partial charge >= 0.3 is 5.97 Å². The molecule has 8 heteroatoms. The van der Waals surface area contributed by atoms with Crippen LogP contribution in [0.25, 0.3) is 0 Å². The largest absolute Gasteiger partial charge is 0.462 e. The number of anilines is 2. The fourth-order valence-electron chi connectivity index (χ4n) is 2.91. The van der Waals surface area contributed by atoms with Gasteiger partial charge < -0.3 is 15.4 Å². The highest BCUT2D eigenvalue weighted by atomic mass is 32.1. The van der Waals surface area contributed by atoms with Gasteiger partial charge in [-0.25, -0.2) is 13.6 Å². The van der Waals surface area contributed by atoms with Gasteiger partial charge in [-0.1, -0.05) is 0 Å². The lowest BCUT2D eigenvalue weighted by Crippen LogP contribution is -2.20. The number of thiophene rings is 1. The van der Waals surface area contributed by atoms with Gasteiger partial charge in [0, 0.05) is 16.6 Å². The normalized spacial score (nSPS) is 13.0. The van der Waals surface area contributed by atoms with Gasteiger partial charge in [0.15, 0.2) is 16.7 Å². The number of carbonyl (C=O) groups is 1. The lowest BCUT2D eigenvalue weighted by Gasteiger charge is -2.13. The first-order valence-corrected chi connectivity index (χ1v) is 9.56. The summed E-state index contributed by atoms with van der Waals surface area (Å²) in [5, 5.41) is 6.63. The molecule has 0 saturated heterocycles. The Morgan fingerprint density at radius 1 is 1.23 bits per heavy atom. The molecule has 0 radical (unpaired) electrons. The first kappa shape index (κ1) is 18.7. The highest BCUT2D eigenvalue weighted by molar-refractivity contribution is 7.80. The third-order valence-electron chi connectivity index (χ3n) is 4.06. The van der Waals surface area contributed by atoms with Crippen LogP contribution in [0.4, 0.5) is 19.5 Å². The number of benzene rings is 1. The molecule has 1 aromatic carbocycles. The van der Waals surface area contributed by atoms with E-state index in [4.69, 9.17) is 17.0 Å². The summed E-state index contributed by atoms with van der Waals surface area (Å²) in [7, 11) is 0. The van der Waals surface area contributed by atoms with E-state index in [0.717, 1.165) is 48.3 Å². The Balaban J connectivity index is 1.81. The lowest BCUT2D eigenvalue weighted by atomic mass is 9.95. The summed E-state index contributed by atoms with van der Waals surface area (Å²) in [5.74, 6) is -2.26. The van der Waals surface area contributed by atoms with Crippen LogP contribution in [-0.2, 0) is 17.6 Å². The summed E-state index contributed by atoms with van der Waals surface area (Å²) in [5.41, 5.74) is 1.87. The third-order valence-corrected chi connectivity index (χ3v) is 5.47. The molecule has 0 unspecified atom stereocenters. The maximum Gasteiger partial charge on any atom is 0.341 e. The molecular formula is C18H18F2N2O2S2. The molecule has 1 aromatic heterocycles. The van der Waals surface area contributed by atoms with Crippen molar-refractivity contribution in [3.63, 3.8) is 0 Å². The Labute approximate surface area is 159 Å². The zero-order valence-corrected chi connectivity index (χ0v) is 15.8. The van der Waals surface area contributed by atoms with Crippen molar-refractivity contribution in [1.29, 1.82) is 0 Å². The molecule has 26 heavy (non-hydrogen) atoms. The van der Waals surface area contributed by atoms with Gasteiger partial charge in [-0.15, -0.1) is 11.3 Å². The van der Waals surface area contributed by atoms with E-state index in [9.17, 15) is 13.6 Å². The Morgan fingerprint density at radius 2 is 2.00 bits per heavy atom. The van der Waals surface area contributed by atoms with Crippen LogP contribution in [0.5, 0.6) is 0 Å². The second-order valence-electron chi connectivity index (χ2n) is 5.84. The molecule has 0 fully saturated rings. The average molecular weight is 396 g/mol. The van der Waals surface area contributed by atoms with Gasteiger partial charge in [-0.05, 0) is 62.5 Å². The van der Waals surface area contributed by atoms with Crippen molar-refractivity contribution in [2.24, 2.45) is 0 Å². The zero-order valence-electron chi connectivity index (χ0n) is 14.2. The summed E-state index contributed by atoms with van der Waals surface area (Å²) in [6.45, 7) is 2.06. The number of ether oxygens (including phenoxy) is 1. The predicted octanol–water partition coefficient (Wildman–Crippen LogP) is 4.89. The van der Waals surface area contributed by atoms with Gasteiger partial charge in [0.2, 0.25) is 0 Å². The zero-order chi connectivity index (χ0) is 18.7. The highest BCUT2D eigenvalue weighted by Gasteiger charge is 2.26. The van der Waals surface area contributed by atoms with Gasteiger partial charge in [0.25, 0.3) is 0 Å². The monoisotopic (exact) mass is 396 g/mol. The number of hydrogen-bond acceptors (Lipinski definition) is 4. The molecule has 2 N–H and O–H groups in total. The Morgan fingerprint density at radius 3 is 2.73 bits per heavy atom. The molecule has 0 aliphatic heterocycles. The van der Waals surface area contributed by atoms with Crippen LogP contribution >= 0.6 is 23.6 Å².